The first-order chi connectivity index (χ1) is 18.1. The van der Waals surface area contributed by atoms with Gasteiger partial charge in [-0.1, -0.05) is 0 Å². The molecule has 6 rings (SSSR count). The summed E-state index contributed by atoms with van der Waals surface area (Å²) in [6.07, 6.45) is 6.76. The van der Waals surface area contributed by atoms with E-state index in [1.165, 1.54) is 23.5 Å². The molecule has 0 aliphatic heterocycles. The molecule has 0 fully saturated rings. The number of pyridine rings is 1. The van der Waals surface area contributed by atoms with E-state index >= 15 is 0 Å². The number of carbonyl (C=O) groups excluding carboxylic acids is 1. The van der Waals surface area contributed by atoms with Gasteiger partial charge in [-0.15, -0.1) is 11.3 Å². The molecule has 0 unspecified atom stereocenters. The minimum Gasteiger partial charge on any atom is -0.329 e. The molecule has 11 heteroatoms. The third-order valence-corrected chi connectivity index (χ3v) is 6.66. The van der Waals surface area contributed by atoms with Crippen molar-refractivity contribution in [2.24, 2.45) is 0 Å². The van der Waals surface area contributed by atoms with Gasteiger partial charge in [-0.05, 0) is 55.5 Å². The van der Waals surface area contributed by atoms with Gasteiger partial charge in [0, 0.05) is 35.4 Å². The van der Waals surface area contributed by atoms with Gasteiger partial charge in [0.2, 0.25) is 0 Å². The number of anilines is 1. The summed E-state index contributed by atoms with van der Waals surface area (Å²) in [4.78, 5) is 30.3. The molecule has 0 saturated carbocycles. The van der Waals surface area contributed by atoms with Crippen molar-refractivity contribution in [3.63, 3.8) is 0 Å². The first kappa shape index (κ1) is 22.7. The van der Waals surface area contributed by atoms with Crippen LogP contribution in [0.15, 0.2) is 78.8 Å². The van der Waals surface area contributed by atoms with E-state index in [4.69, 9.17) is 5.10 Å². The van der Waals surface area contributed by atoms with E-state index in [0.717, 1.165) is 21.8 Å². The largest absolute Gasteiger partial charge is 0.329 e. The first-order valence-electron chi connectivity index (χ1n) is 11.4. The van der Waals surface area contributed by atoms with Crippen LogP contribution in [0.3, 0.4) is 0 Å². The monoisotopic (exact) mass is 510 g/mol. The molecular weight excluding hydrogens is 491 g/mol. The molecule has 182 valence electrons. The SMILES string of the molecule is CCn1cnc(-c2ccc(F)cc2)c1-c1ccc2nc(NC(=O)c3csc(-c4ccncc4)n3)cn2n1. The summed E-state index contributed by atoms with van der Waals surface area (Å²) in [6, 6.07) is 13.6. The van der Waals surface area contributed by atoms with Gasteiger partial charge in [0.25, 0.3) is 5.91 Å². The van der Waals surface area contributed by atoms with Crippen LogP contribution in [0.4, 0.5) is 10.2 Å². The maximum absolute atomic E-state index is 13.5. The van der Waals surface area contributed by atoms with E-state index in [2.05, 4.69) is 25.3 Å². The Morgan fingerprint density at radius 2 is 1.84 bits per heavy atom. The van der Waals surface area contributed by atoms with E-state index in [1.807, 2.05) is 35.8 Å². The van der Waals surface area contributed by atoms with Crippen LogP contribution in [-0.4, -0.2) is 40.0 Å². The fraction of sp³-hybridized carbons (Fsp3) is 0.0769. The normalized spacial score (nSPS) is 11.2. The van der Waals surface area contributed by atoms with Gasteiger partial charge >= 0.3 is 0 Å². The number of nitrogens with one attached hydrogen (secondary N) is 1. The van der Waals surface area contributed by atoms with Crippen molar-refractivity contribution in [2.45, 2.75) is 13.5 Å². The number of aromatic nitrogens is 7. The fourth-order valence-electron chi connectivity index (χ4n) is 3.96. The zero-order valence-corrected chi connectivity index (χ0v) is 20.4. The van der Waals surface area contributed by atoms with Crippen LogP contribution < -0.4 is 5.32 Å². The highest BCUT2D eigenvalue weighted by Gasteiger charge is 2.18. The lowest BCUT2D eigenvalue weighted by atomic mass is 10.1. The lowest BCUT2D eigenvalue weighted by Gasteiger charge is -2.08. The summed E-state index contributed by atoms with van der Waals surface area (Å²) in [5, 5.41) is 9.97. The highest BCUT2D eigenvalue weighted by Crippen LogP contribution is 2.30. The average Bonchev–Trinajstić information content (AvgIpc) is 3.67. The Labute approximate surface area is 214 Å². The van der Waals surface area contributed by atoms with Crippen molar-refractivity contribution in [2.75, 3.05) is 5.32 Å². The van der Waals surface area contributed by atoms with Crippen molar-refractivity contribution in [3.8, 4) is 33.2 Å². The summed E-state index contributed by atoms with van der Waals surface area (Å²) < 4.78 is 17.1. The van der Waals surface area contributed by atoms with Crippen LogP contribution in [0.1, 0.15) is 17.4 Å². The summed E-state index contributed by atoms with van der Waals surface area (Å²) >= 11 is 1.38. The van der Waals surface area contributed by atoms with E-state index in [9.17, 15) is 9.18 Å². The van der Waals surface area contributed by atoms with Gasteiger partial charge < -0.3 is 9.88 Å². The molecule has 0 atom stereocenters. The second-order valence-electron chi connectivity index (χ2n) is 8.11. The molecule has 0 saturated heterocycles. The average molecular weight is 511 g/mol. The Hall–Kier alpha value is -4.77. The smallest absolute Gasteiger partial charge is 0.276 e. The number of carbonyl (C=O) groups is 1. The number of hydrogen-bond donors (Lipinski definition) is 1. The van der Waals surface area contributed by atoms with E-state index in [0.29, 0.717) is 35.1 Å². The van der Waals surface area contributed by atoms with Crippen LogP contribution in [0.25, 0.3) is 38.9 Å². The first-order valence-corrected chi connectivity index (χ1v) is 12.3. The number of rotatable bonds is 6. The van der Waals surface area contributed by atoms with Gasteiger partial charge in [0.1, 0.15) is 22.2 Å². The number of nitrogens with zero attached hydrogens (tertiary/aromatic N) is 7. The molecule has 1 N–H and O–H groups in total. The minimum absolute atomic E-state index is 0.304. The number of halogens is 1. The van der Waals surface area contributed by atoms with Crippen LogP contribution in [0.2, 0.25) is 0 Å². The van der Waals surface area contributed by atoms with Gasteiger partial charge in [0.15, 0.2) is 11.5 Å². The quantitative estimate of drug-likeness (QED) is 0.331. The van der Waals surface area contributed by atoms with Crippen LogP contribution in [0.5, 0.6) is 0 Å². The number of amides is 1. The predicted molar refractivity (Wildman–Crippen MR) is 139 cm³/mol. The molecule has 0 bridgehead atoms. The van der Waals surface area contributed by atoms with Gasteiger partial charge in [-0.2, -0.15) is 5.10 Å². The zero-order chi connectivity index (χ0) is 25.4. The second kappa shape index (κ2) is 9.36. The Balaban J connectivity index is 1.29. The number of thiazole rings is 1. The number of benzene rings is 1. The topological polar surface area (TPSA) is 103 Å². The van der Waals surface area contributed by atoms with Crippen molar-refractivity contribution in [3.05, 3.63) is 90.3 Å². The Morgan fingerprint density at radius 1 is 1.03 bits per heavy atom. The predicted octanol–water partition coefficient (Wildman–Crippen LogP) is 5.19. The van der Waals surface area contributed by atoms with Crippen molar-refractivity contribution in [1.29, 1.82) is 0 Å². The molecule has 0 radical (unpaired) electrons. The number of aryl methyl sites for hydroxylation is 1. The highest BCUT2D eigenvalue weighted by atomic mass is 32.1. The van der Waals surface area contributed by atoms with E-state index in [-0.39, 0.29) is 11.7 Å². The molecule has 37 heavy (non-hydrogen) atoms. The molecule has 5 heterocycles. The van der Waals surface area contributed by atoms with Gasteiger partial charge in [0.05, 0.1) is 23.9 Å². The Morgan fingerprint density at radius 3 is 2.62 bits per heavy atom. The van der Waals surface area contributed by atoms with Gasteiger partial charge in [-0.25, -0.2) is 23.9 Å². The van der Waals surface area contributed by atoms with Crippen LogP contribution in [-0.2, 0) is 6.54 Å². The van der Waals surface area contributed by atoms with E-state index < -0.39 is 0 Å². The number of fused-ring (bicyclic) bond motifs is 1. The lowest BCUT2D eigenvalue weighted by Crippen LogP contribution is -2.12. The van der Waals surface area contributed by atoms with Gasteiger partial charge in [-0.3, -0.25) is 9.78 Å². The minimum atomic E-state index is -0.358. The molecule has 0 aliphatic rings. The fourth-order valence-corrected chi connectivity index (χ4v) is 4.77. The number of hydrogen-bond acceptors (Lipinski definition) is 7. The third-order valence-electron chi connectivity index (χ3n) is 5.76. The third kappa shape index (κ3) is 4.36. The number of imidazole rings is 2. The van der Waals surface area contributed by atoms with Crippen molar-refractivity contribution >= 4 is 28.7 Å². The zero-order valence-electron chi connectivity index (χ0n) is 19.5. The van der Waals surface area contributed by atoms with E-state index in [1.54, 1.807) is 46.9 Å². The summed E-state index contributed by atoms with van der Waals surface area (Å²) in [6.45, 7) is 2.70. The molecule has 6 aromatic rings. The second-order valence-corrected chi connectivity index (χ2v) is 8.97. The maximum atomic E-state index is 13.5. The molecule has 1 aromatic carbocycles. The van der Waals surface area contributed by atoms with Crippen molar-refractivity contribution in [1.82, 2.24) is 34.1 Å². The summed E-state index contributed by atoms with van der Waals surface area (Å²) in [5.74, 6) is -0.308. The maximum Gasteiger partial charge on any atom is 0.276 e. The van der Waals surface area contributed by atoms with Crippen LogP contribution >= 0.6 is 11.3 Å². The molecule has 9 nitrogen and oxygen atoms in total. The molecule has 5 aromatic heterocycles. The van der Waals surface area contributed by atoms with Crippen molar-refractivity contribution < 1.29 is 9.18 Å². The summed E-state index contributed by atoms with van der Waals surface area (Å²) in [5.41, 5.74) is 4.74. The Bertz CT molecular complexity index is 1720. The Kier molecular flexibility index (Phi) is 5.73. The molecule has 0 spiro atoms. The van der Waals surface area contributed by atoms with Crippen LogP contribution in [0, 0.1) is 5.82 Å². The standard InChI is InChI=1S/C26H19FN8OS/c1-2-34-15-29-23(16-3-5-18(27)6-4-16)24(34)19-7-8-22-31-21(13-35(22)33-19)32-25(36)20-14-37-26(30-20)17-9-11-28-12-10-17/h3-15H,2H2,1H3,(H,32,36). The lowest BCUT2D eigenvalue weighted by molar-refractivity contribution is 0.102. The summed E-state index contributed by atoms with van der Waals surface area (Å²) in [7, 11) is 0. The molecular formula is C26H19FN8OS. The molecule has 0 aliphatic carbocycles. The molecule has 1 amide bonds. The highest BCUT2D eigenvalue weighted by molar-refractivity contribution is 7.13.